The maximum absolute atomic E-state index is 6.53. The quantitative estimate of drug-likeness (QED) is 0.239. The van der Waals surface area contributed by atoms with Crippen molar-refractivity contribution in [2.24, 2.45) is 0 Å². The molecule has 4 heterocycles. The Morgan fingerprint density at radius 1 is 0.692 bits per heavy atom. The molecule has 0 N–H and O–H groups in total. The molecule has 0 aliphatic carbocycles. The van der Waals surface area contributed by atoms with Crippen LogP contribution >= 0.6 is 0 Å². The second kappa shape index (κ2) is 7.21. The van der Waals surface area contributed by atoms with Crippen LogP contribution in [0.3, 0.4) is 0 Å². The number of fused-ring (bicyclic) bond motifs is 5. The Morgan fingerprint density at radius 3 is 2.23 bits per heavy atom. The van der Waals surface area contributed by atoms with Gasteiger partial charge in [0.2, 0.25) is 6.71 Å². The van der Waals surface area contributed by atoms with Crippen molar-refractivity contribution in [1.82, 2.24) is 9.38 Å². The Labute approximate surface area is 226 Å². The molecule has 0 bridgehead atoms. The normalized spacial score (nSPS) is 13.5. The predicted molar refractivity (Wildman–Crippen MR) is 165 cm³/mol. The summed E-state index contributed by atoms with van der Waals surface area (Å²) >= 11 is 0. The molecule has 0 amide bonds. The molecular formula is C35H27BN2O. The molecule has 3 nitrogen and oxygen atoms in total. The van der Waals surface area contributed by atoms with Gasteiger partial charge >= 0.3 is 0 Å². The highest BCUT2D eigenvalue weighted by Crippen LogP contribution is 2.40. The molecule has 4 heteroatoms. The molecule has 8 aromatic rings. The minimum atomic E-state index is 0.101. The van der Waals surface area contributed by atoms with Gasteiger partial charge in [0.15, 0.2) is 0 Å². The number of furan rings is 1. The lowest BCUT2D eigenvalue weighted by Crippen LogP contribution is -2.57. The van der Waals surface area contributed by atoms with Crippen LogP contribution in [0.15, 0.2) is 83.3 Å². The van der Waals surface area contributed by atoms with Gasteiger partial charge in [0.25, 0.3) is 0 Å². The van der Waals surface area contributed by atoms with Gasteiger partial charge in [0.1, 0.15) is 22.3 Å². The summed E-state index contributed by atoms with van der Waals surface area (Å²) in [7, 11) is 0. The number of para-hydroxylation sites is 1. The average molecular weight is 502 g/mol. The van der Waals surface area contributed by atoms with Crippen LogP contribution < -0.4 is 16.4 Å². The first-order valence-corrected chi connectivity index (χ1v) is 14.1. The van der Waals surface area contributed by atoms with Crippen LogP contribution in [0, 0.1) is 0 Å². The third kappa shape index (κ3) is 2.53. The Hall–Kier alpha value is -4.31. The number of hydrogen-bond acceptors (Lipinski definition) is 2. The maximum Gasteiger partial charge on any atom is 0.247 e. The van der Waals surface area contributed by atoms with Crippen molar-refractivity contribution in [3.05, 3.63) is 90.0 Å². The number of benzene rings is 5. The van der Waals surface area contributed by atoms with E-state index in [1.807, 2.05) is 6.07 Å². The second-order valence-corrected chi connectivity index (χ2v) is 11.9. The molecule has 1 aliphatic rings. The lowest BCUT2D eigenvalue weighted by Gasteiger charge is -2.29. The van der Waals surface area contributed by atoms with Crippen molar-refractivity contribution >= 4 is 83.4 Å². The summed E-state index contributed by atoms with van der Waals surface area (Å²) < 4.78 is 8.99. The van der Waals surface area contributed by atoms with Gasteiger partial charge in [-0.05, 0) is 51.4 Å². The SMILES string of the molecule is CC(C)c1cccc(C(C)C)c1B1c2cc3oc4ccccc4c3c3nc4c5cccc6ccc1c(c65)n4c23. The fourth-order valence-electron chi connectivity index (χ4n) is 7.56. The minimum absolute atomic E-state index is 0.101. The largest absolute Gasteiger partial charge is 0.456 e. The van der Waals surface area contributed by atoms with Crippen molar-refractivity contribution in [3.8, 4) is 0 Å². The summed E-state index contributed by atoms with van der Waals surface area (Å²) in [5.41, 5.74) is 13.5. The number of imidazole rings is 1. The molecule has 0 spiro atoms. The summed E-state index contributed by atoms with van der Waals surface area (Å²) in [5.74, 6) is 0.826. The van der Waals surface area contributed by atoms with Crippen LogP contribution in [-0.4, -0.2) is 16.1 Å². The molecule has 0 radical (unpaired) electrons. The van der Waals surface area contributed by atoms with E-state index >= 15 is 0 Å². The van der Waals surface area contributed by atoms with E-state index in [0.717, 1.165) is 33.1 Å². The van der Waals surface area contributed by atoms with Gasteiger partial charge in [0.05, 0.1) is 16.4 Å². The third-order valence-corrected chi connectivity index (χ3v) is 9.14. The van der Waals surface area contributed by atoms with Crippen LogP contribution in [0.5, 0.6) is 0 Å². The Bertz CT molecular complexity index is 2280. The summed E-state index contributed by atoms with van der Waals surface area (Å²) in [4.78, 5) is 5.42. The van der Waals surface area contributed by atoms with Gasteiger partial charge in [0, 0.05) is 16.2 Å². The smallest absolute Gasteiger partial charge is 0.247 e. The highest BCUT2D eigenvalue weighted by Gasteiger charge is 2.38. The maximum atomic E-state index is 6.53. The zero-order valence-corrected chi connectivity index (χ0v) is 22.5. The monoisotopic (exact) mass is 502 g/mol. The lowest BCUT2D eigenvalue weighted by molar-refractivity contribution is 0.669. The van der Waals surface area contributed by atoms with Crippen LogP contribution in [0.4, 0.5) is 0 Å². The fourth-order valence-corrected chi connectivity index (χ4v) is 7.56. The molecule has 186 valence electrons. The van der Waals surface area contributed by atoms with Crippen LogP contribution in [0.2, 0.25) is 0 Å². The Balaban J connectivity index is 1.57. The summed E-state index contributed by atoms with van der Waals surface area (Å²) in [6.07, 6.45) is 0. The van der Waals surface area contributed by atoms with Gasteiger partial charge in [-0.1, -0.05) is 99.9 Å². The summed E-state index contributed by atoms with van der Waals surface area (Å²) in [6.45, 7) is 9.39. The van der Waals surface area contributed by atoms with Crippen LogP contribution in [0.1, 0.15) is 50.7 Å². The minimum Gasteiger partial charge on any atom is -0.456 e. The van der Waals surface area contributed by atoms with E-state index in [-0.39, 0.29) is 6.71 Å². The zero-order chi connectivity index (χ0) is 26.2. The molecule has 0 atom stereocenters. The molecule has 5 aromatic carbocycles. The van der Waals surface area contributed by atoms with Crippen molar-refractivity contribution < 1.29 is 4.42 Å². The molecule has 39 heavy (non-hydrogen) atoms. The first-order valence-electron chi connectivity index (χ1n) is 14.1. The van der Waals surface area contributed by atoms with Gasteiger partial charge in [-0.25, -0.2) is 4.98 Å². The van der Waals surface area contributed by atoms with E-state index < -0.39 is 0 Å². The molecule has 1 aliphatic heterocycles. The van der Waals surface area contributed by atoms with Gasteiger partial charge in [-0.2, -0.15) is 0 Å². The van der Waals surface area contributed by atoms with Gasteiger partial charge in [-0.3, -0.25) is 4.40 Å². The highest BCUT2D eigenvalue weighted by molar-refractivity contribution is 6.99. The average Bonchev–Trinajstić information content (AvgIpc) is 3.60. The van der Waals surface area contributed by atoms with Crippen molar-refractivity contribution in [2.45, 2.75) is 39.5 Å². The Kier molecular flexibility index (Phi) is 3.99. The number of nitrogens with zero attached hydrogens (tertiary/aromatic N) is 2. The second-order valence-electron chi connectivity index (χ2n) is 11.9. The van der Waals surface area contributed by atoms with E-state index in [1.165, 1.54) is 54.7 Å². The topological polar surface area (TPSA) is 30.4 Å². The van der Waals surface area contributed by atoms with Crippen molar-refractivity contribution in [3.63, 3.8) is 0 Å². The van der Waals surface area contributed by atoms with E-state index in [2.05, 4.69) is 105 Å². The summed E-state index contributed by atoms with van der Waals surface area (Å²) in [6, 6.07) is 29.0. The first kappa shape index (κ1) is 21.6. The van der Waals surface area contributed by atoms with Crippen LogP contribution in [-0.2, 0) is 0 Å². The predicted octanol–water partition coefficient (Wildman–Crippen LogP) is 7.21. The van der Waals surface area contributed by atoms with Gasteiger partial charge in [-0.15, -0.1) is 0 Å². The molecule has 0 saturated carbocycles. The molecule has 3 aromatic heterocycles. The van der Waals surface area contributed by atoms with Crippen molar-refractivity contribution in [2.75, 3.05) is 0 Å². The van der Waals surface area contributed by atoms with Crippen molar-refractivity contribution in [1.29, 1.82) is 0 Å². The highest BCUT2D eigenvalue weighted by atomic mass is 16.3. The number of hydrogen-bond donors (Lipinski definition) is 0. The summed E-state index contributed by atoms with van der Waals surface area (Å²) in [5, 5.41) is 6.10. The van der Waals surface area contributed by atoms with E-state index in [0.29, 0.717) is 11.8 Å². The Morgan fingerprint density at radius 2 is 1.44 bits per heavy atom. The van der Waals surface area contributed by atoms with E-state index in [1.54, 1.807) is 0 Å². The third-order valence-electron chi connectivity index (χ3n) is 9.14. The number of aromatic nitrogens is 2. The van der Waals surface area contributed by atoms with Gasteiger partial charge < -0.3 is 4.42 Å². The first-order chi connectivity index (χ1) is 19.0. The zero-order valence-electron chi connectivity index (χ0n) is 22.5. The number of rotatable bonds is 3. The standard InChI is InChI=1S/C35H27BN2O/c1-18(2)21-11-8-12-22(19(3)4)31(21)36-25-16-15-20-9-7-13-24-29(20)33(25)38-34-26(36)17-28-30(32(34)37-35(24)38)23-10-5-6-14-27(23)39-28/h5-19H,1-4H3. The van der Waals surface area contributed by atoms with Crippen LogP contribution in [0.25, 0.3) is 60.3 Å². The van der Waals surface area contributed by atoms with E-state index in [4.69, 9.17) is 9.40 Å². The molecule has 0 unspecified atom stereocenters. The fraction of sp³-hybridized carbons (Fsp3) is 0.171. The molecular weight excluding hydrogens is 475 g/mol. The van der Waals surface area contributed by atoms with E-state index in [9.17, 15) is 0 Å². The lowest BCUT2D eigenvalue weighted by atomic mass is 9.34. The molecule has 0 saturated heterocycles. The molecule has 0 fully saturated rings. The molecule has 9 rings (SSSR count).